The van der Waals surface area contributed by atoms with E-state index in [-0.39, 0.29) is 18.7 Å². The van der Waals surface area contributed by atoms with Crippen molar-refractivity contribution in [2.45, 2.75) is 0 Å². The number of halogens is 2. The lowest BCUT2D eigenvalue weighted by atomic mass is 10.1. The SMILES string of the molecule is NC(=O)NCCNC(=O)c1cc(F)c(N)c(F)c1. The van der Waals surface area contributed by atoms with Gasteiger partial charge in [0.05, 0.1) is 0 Å². The minimum Gasteiger partial charge on any atom is -0.394 e. The van der Waals surface area contributed by atoms with E-state index in [1.807, 2.05) is 0 Å². The lowest BCUT2D eigenvalue weighted by Crippen LogP contribution is -2.37. The van der Waals surface area contributed by atoms with Crippen molar-refractivity contribution in [3.63, 3.8) is 0 Å². The first-order valence-electron chi connectivity index (χ1n) is 4.98. The van der Waals surface area contributed by atoms with Gasteiger partial charge in [0, 0.05) is 18.7 Å². The Kier molecular flexibility index (Phi) is 4.41. The van der Waals surface area contributed by atoms with Crippen molar-refractivity contribution in [1.82, 2.24) is 10.6 Å². The second kappa shape index (κ2) is 5.80. The minimum absolute atomic E-state index is 0.0788. The molecule has 18 heavy (non-hydrogen) atoms. The number of rotatable bonds is 4. The van der Waals surface area contributed by atoms with E-state index in [4.69, 9.17) is 11.5 Å². The summed E-state index contributed by atoms with van der Waals surface area (Å²) in [7, 11) is 0. The van der Waals surface area contributed by atoms with Crippen LogP contribution in [0.2, 0.25) is 0 Å². The molecule has 0 atom stereocenters. The fourth-order valence-electron chi connectivity index (χ4n) is 1.18. The van der Waals surface area contributed by atoms with Gasteiger partial charge < -0.3 is 22.1 Å². The third kappa shape index (κ3) is 3.58. The maximum absolute atomic E-state index is 13.1. The van der Waals surface area contributed by atoms with Crippen LogP contribution in [0.1, 0.15) is 10.4 Å². The Morgan fingerprint density at radius 2 is 1.61 bits per heavy atom. The van der Waals surface area contributed by atoms with Crippen LogP contribution in [0.5, 0.6) is 0 Å². The highest BCUT2D eigenvalue weighted by Crippen LogP contribution is 2.16. The van der Waals surface area contributed by atoms with Crippen molar-refractivity contribution in [2.24, 2.45) is 5.73 Å². The summed E-state index contributed by atoms with van der Waals surface area (Å²) in [6.45, 7) is 0.191. The summed E-state index contributed by atoms with van der Waals surface area (Å²) >= 11 is 0. The third-order valence-electron chi connectivity index (χ3n) is 2.05. The van der Waals surface area contributed by atoms with Gasteiger partial charge in [-0.1, -0.05) is 0 Å². The van der Waals surface area contributed by atoms with Crippen LogP contribution in [-0.2, 0) is 0 Å². The molecular formula is C10H12F2N4O2. The van der Waals surface area contributed by atoms with Crippen molar-refractivity contribution < 1.29 is 18.4 Å². The highest BCUT2D eigenvalue weighted by Gasteiger charge is 2.12. The number of nitrogen functional groups attached to an aromatic ring is 1. The van der Waals surface area contributed by atoms with Gasteiger partial charge in [-0.2, -0.15) is 0 Å². The molecule has 6 nitrogen and oxygen atoms in total. The molecule has 98 valence electrons. The van der Waals surface area contributed by atoms with E-state index in [0.717, 1.165) is 12.1 Å². The van der Waals surface area contributed by atoms with Gasteiger partial charge in [0.1, 0.15) is 17.3 Å². The first-order valence-corrected chi connectivity index (χ1v) is 4.98. The average molecular weight is 258 g/mol. The number of amides is 3. The van der Waals surface area contributed by atoms with Crippen LogP contribution in [0.4, 0.5) is 19.3 Å². The maximum Gasteiger partial charge on any atom is 0.312 e. The van der Waals surface area contributed by atoms with Gasteiger partial charge in [-0.05, 0) is 12.1 Å². The highest BCUT2D eigenvalue weighted by atomic mass is 19.1. The number of hydrogen-bond donors (Lipinski definition) is 4. The summed E-state index contributed by atoms with van der Waals surface area (Å²) in [5.74, 6) is -2.69. The topological polar surface area (TPSA) is 110 Å². The molecule has 8 heteroatoms. The summed E-state index contributed by atoms with van der Waals surface area (Å²) in [5, 5.41) is 4.59. The smallest absolute Gasteiger partial charge is 0.312 e. The molecular weight excluding hydrogens is 246 g/mol. The van der Waals surface area contributed by atoms with E-state index in [0.29, 0.717) is 0 Å². The van der Waals surface area contributed by atoms with Crippen LogP contribution in [0.25, 0.3) is 0 Å². The third-order valence-corrected chi connectivity index (χ3v) is 2.05. The Morgan fingerprint density at radius 1 is 1.11 bits per heavy atom. The van der Waals surface area contributed by atoms with Crippen LogP contribution in [-0.4, -0.2) is 25.0 Å². The Morgan fingerprint density at radius 3 is 2.11 bits per heavy atom. The predicted molar refractivity (Wildman–Crippen MR) is 60.7 cm³/mol. The Labute approximate surface area is 101 Å². The molecule has 0 aliphatic rings. The van der Waals surface area contributed by atoms with Crippen LogP contribution in [0.3, 0.4) is 0 Å². The maximum atomic E-state index is 13.1. The van der Waals surface area contributed by atoms with Gasteiger partial charge in [0.25, 0.3) is 5.91 Å². The summed E-state index contributed by atoms with van der Waals surface area (Å²) in [5.41, 5.74) is 9.03. The monoisotopic (exact) mass is 258 g/mol. The van der Waals surface area contributed by atoms with Gasteiger partial charge in [-0.3, -0.25) is 4.79 Å². The van der Waals surface area contributed by atoms with Gasteiger partial charge in [-0.15, -0.1) is 0 Å². The zero-order valence-corrected chi connectivity index (χ0v) is 9.30. The lowest BCUT2D eigenvalue weighted by molar-refractivity contribution is 0.0953. The summed E-state index contributed by atoms with van der Waals surface area (Å²) < 4.78 is 26.2. The molecule has 1 aromatic rings. The molecule has 0 aliphatic heterocycles. The normalized spacial score (nSPS) is 9.89. The standard InChI is InChI=1S/C10H12F2N4O2/c11-6-3-5(4-7(12)8(6)13)9(17)15-1-2-16-10(14)18/h3-4H,1-2,13H2,(H,15,17)(H3,14,16,18). The second-order valence-electron chi connectivity index (χ2n) is 3.40. The molecule has 1 aromatic carbocycles. The fourth-order valence-corrected chi connectivity index (χ4v) is 1.18. The Bertz CT molecular complexity index is 456. The second-order valence-corrected chi connectivity index (χ2v) is 3.40. The first-order chi connectivity index (χ1) is 8.41. The molecule has 3 amide bonds. The molecule has 0 heterocycles. The molecule has 0 bridgehead atoms. The molecule has 1 rings (SSSR count). The quantitative estimate of drug-likeness (QED) is 0.448. The number of benzene rings is 1. The zero-order chi connectivity index (χ0) is 13.7. The molecule has 0 radical (unpaired) electrons. The number of anilines is 1. The van der Waals surface area contributed by atoms with E-state index < -0.39 is 29.3 Å². The van der Waals surface area contributed by atoms with Gasteiger partial charge >= 0.3 is 6.03 Å². The van der Waals surface area contributed by atoms with Crippen LogP contribution in [0, 0.1) is 11.6 Å². The summed E-state index contributed by atoms with van der Waals surface area (Å²) in [6, 6.07) is 0.929. The van der Waals surface area contributed by atoms with Crippen molar-refractivity contribution in [1.29, 1.82) is 0 Å². The van der Waals surface area contributed by atoms with Crippen molar-refractivity contribution in [2.75, 3.05) is 18.8 Å². The first kappa shape index (κ1) is 13.7. The average Bonchev–Trinajstić information content (AvgIpc) is 2.30. The largest absolute Gasteiger partial charge is 0.394 e. The van der Waals surface area contributed by atoms with Gasteiger partial charge in [0.15, 0.2) is 0 Å². The van der Waals surface area contributed by atoms with Crippen molar-refractivity contribution in [3.8, 4) is 0 Å². The highest BCUT2D eigenvalue weighted by molar-refractivity contribution is 5.94. The number of urea groups is 1. The predicted octanol–water partition coefficient (Wildman–Crippen LogP) is -0.0549. The van der Waals surface area contributed by atoms with E-state index in [1.54, 1.807) is 0 Å². The molecule has 0 spiro atoms. The molecule has 0 aliphatic carbocycles. The van der Waals surface area contributed by atoms with Crippen LogP contribution < -0.4 is 22.1 Å². The summed E-state index contributed by atoms with van der Waals surface area (Å²) in [4.78, 5) is 21.8. The summed E-state index contributed by atoms with van der Waals surface area (Å²) in [6.07, 6.45) is 0. The zero-order valence-electron chi connectivity index (χ0n) is 9.30. The minimum atomic E-state index is -1.00. The van der Waals surface area contributed by atoms with Crippen molar-refractivity contribution >= 4 is 17.6 Å². The molecule has 0 saturated carbocycles. The number of nitrogens with two attached hydrogens (primary N) is 2. The molecule has 0 fully saturated rings. The Balaban J connectivity index is 2.59. The van der Waals surface area contributed by atoms with Crippen LogP contribution in [0.15, 0.2) is 12.1 Å². The van der Waals surface area contributed by atoms with E-state index in [2.05, 4.69) is 10.6 Å². The number of carbonyl (C=O) groups excluding carboxylic acids is 2. The Hall–Kier alpha value is -2.38. The fraction of sp³-hybridized carbons (Fsp3) is 0.200. The number of hydrogen-bond acceptors (Lipinski definition) is 3. The lowest BCUT2D eigenvalue weighted by Gasteiger charge is -2.07. The number of nitrogens with one attached hydrogen (secondary N) is 2. The number of carbonyl (C=O) groups is 2. The van der Waals surface area contributed by atoms with E-state index in [1.165, 1.54) is 0 Å². The van der Waals surface area contributed by atoms with Gasteiger partial charge in [-0.25, -0.2) is 13.6 Å². The van der Waals surface area contributed by atoms with Crippen LogP contribution >= 0.6 is 0 Å². The van der Waals surface area contributed by atoms with E-state index in [9.17, 15) is 18.4 Å². The molecule has 0 aromatic heterocycles. The van der Waals surface area contributed by atoms with Crippen molar-refractivity contribution in [3.05, 3.63) is 29.3 Å². The molecule has 0 unspecified atom stereocenters. The molecule has 0 saturated heterocycles. The molecule has 6 N–H and O–H groups in total. The number of primary amides is 1. The van der Waals surface area contributed by atoms with E-state index >= 15 is 0 Å². The van der Waals surface area contributed by atoms with Gasteiger partial charge in [0.2, 0.25) is 0 Å².